The van der Waals surface area contributed by atoms with E-state index in [0.717, 1.165) is 31.2 Å². The van der Waals surface area contributed by atoms with Gasteiger partial charge in [-0.3, -0.25) is 14.5 Å². The Hall–Kier alpha value is -3.08. The van der Waals surface area contributed by atoms with Crippen LogP contribution in [-0.4, -0.2) is 41.3 Å². The van der Waals surface area contributed by atoms with Crippen LogP contribution in [-0.2, 0) is 16.1 Å². The average molecular weight is 419 g/mol. The summed E-state index contributed by atoms with van der Waals surface area (Å²) in [6, 6.07) is 17.5. The van der Waals surface area contributed by atoms with Gasteiger partial charge in [-0.1, -0.05) is 67.8 Å². The molecule has 2 aliphatic rings. The number of nitrogens with zero attached hydrogens (tertiary/aromatic N) is 2. The number of rotatable bonds is 7. The predicted octanol–water partition coefficient (Wildman–Crippen LogP) is 4.63. The molecular weight excluding hydrogens is 388 g/mol. The van der Waals surface area contributed by atoms with Gasteiger partial charge in [0.05, 0.1) is 12.7 Å². The number of ether oxygens (including phenoxy) is 1. The molecule has 1 aliphatic carbocycles. The molecule has 2 amide bonds. The summed E-state index contributed by atoms with van der Waals surface area (Å²) >= 11 is 0. The van der Waals surface area contributed by atoms with Crippen molar-refractivity contribution >= 4 is 17.4 Å². The highest BCUT2D eigenvalue weighted by molar-refractivity contribution is 6.36. The molecule has 0 N–H and O–H groups in total. The van der Waals surface area contributed by atoms with Crippen molar-refractivity contribution < 1.29 is 14.3 Å². The van der Waals surface area contributed by atoms with Crippen LogP contribution < -0.4 is 4.74 Å². The zero-order valence-corrected chi connectivity index (χ0v) is 18.3. The second kappa shape index (κ2) is 9.38. The van der Waals surface area contributed by atoms with Crippen molar-refractivity contribution in [3.8, 4) is 5.75 Å². The molecule has 0 saturated heterocycles. The fraction of sp³-hybridized carbons (Fsp3) is 0.385. The van der Waals surface area contributed by atoms with E-state index >= 15 is 0 Å². The van der Waals surface area contributed by atoms with Gasteiger partial charge in [0, 0.05) is 24.7 Å². The summed E-state index contributed by atoms with van der Waals surface area (Å²) in [7, 11) is 1.60. The second-order valence-electron chi connectivity index (χ2n) is 8.20. The highest BCUT2D eigenvalue weighted by Gasteiger charge is 2.45. The van der Waals surface area contributed by atoms with Gasteiger partial charge < -0.3 is 9.64 Å². The Bertz CT molecular complexity index is 977. The lowest BCUT2D eigenvalue weighted by molar-refractivity contribution is -0.141. The summed E-state index contributed by atoms with van der Waals surface area (Å²) in [4.78, 5) is 31.0. The van der Waals surface area contributed by atoms with E-state index in [1.54, 1.807) is 7.11 Å². The minimum Gasteiger partial charge on any atom is -0.496 e. The number of amides is 2. The number of para-hydroxylation sites is 1. The molecule has 1 aliphatic heterocycles. The minimum atomic E-state index is -0.192. The third kappa shape index (κ3) is 4.09. The van der Waals surface area contributed by atoms with Gasteiger partial charge in [-0.2, -0.15) is 0 Å². The van der Waals surface area contributed by atoms with Gasteiger partial charge in [-0.05, 0) is 31.4 Å². The summed E-state index contributed by atoms with van der Waals surface area (Å²) < 4.78 is 5.57. The van der Waals surface area contributed by atoms with Crippen LogP contribution >= 0.6 is 0 Å². The summed E-state index contributed by atoms with van der Waals surface area (Å²) in [6.07, 6.45) is 5.05. The number of benzene rings is 2. The number of carbonyl (C=O) groups excluding carboxylic acids is 2. The third-order valence-electron chi connectivity index (χ3n) is 6.32. The van der Waals surface area contributed by atoms with E-state index in [1.165, 1.54) is 11.3 Å². The van der Waals surface area contributed by atoms with Crippen LogP contribution in [0.2, 0.25) is 0 Å². The fourth-order valence-corrected chi connectivity index (χ4v) is 4.75. The average Bonchev–Trinajstić information content (AvgIpc) is 3.08. The molecule has 0 unspecified atom stereocenters. The van der Waals surface area contributed by atoms with Crippen molar-refractivity contribution in [3.63, 3.8) is 0 Å². The van der Waals surface area contributed by atoms with Crippen molar-refractivity contribution in [2.45, 2.75) is 51.6 Å². The van der Waals surface area contributed by atoms with Crippen LogP contribution in [0.5, 0.6) is 5.75 Å². The highest BCUT2D eigenvalue weighted by Crippen LogP contribution is 2.39. The van der Waals surface area contributed by atoms with E-state index in [0.29, 0.717) is 35.7 Å². The molecule has 4 rings (SSSR count). The number of methoxy groups -OCH3 is 1. The lowest BCUT2D eigenvalue weighted by Gasteiger charge is -2.31. The normalized spacial score (nSPS) is 17.4. The Balaban J connectivity index is 1.81. The van der Waals surface area contributed by atoms with Gasteiger partial charge in [-0.25, -0.2) is 0 Å². The number of imide groups is 1. The largest absolute Gasteiger partial charge is 0.496 e. The van der Waals surface area contributed by atoms with E-state index in [2.05, 4.69) is 0 Å². The topological polar surface area (TPSA) is 49.9 Å². The maximum Gasteiger partial charge on any atom is 0.278 e. The summed E-state index contributed by atoms with van der Waals surface area (Å²) in [5, 5.41) is 0. The van der Waals surface area contributed by atoms with Crippen LogP contribution in [0.3, 0.4) is 0 Å². The van der Waals surface area contributed by atoms with Crippen molar-refractivity contribution in [1.82, 2.24) is 9.80 Å². The highest BCUT2D eigenvalue weighted by atomic mass is 16.5. The van der Waals surface area contributed by atoms with E-state index in [9.17, 15) is 9.59 Å². The lowest BCUT2D eigenvalue weighted by atomic mass is 9.94. The third-order valence-corrected chi connectivity index (χ3v) is 6.32. The zero-order chi connectivity index (χ0) is 21.8. The Labute approximate surface area is 184 Å². The van der Waals surface area contributed by atoms with E-state index in [4.69, 9.17) is 4.74 Å². The quantitative estimate of drug-likeness (QED) is 0.615. The molecule has 2 aromatic carbocycles. The lowest BCUT2D eigenvalue weighted by Crippen LogP contribution is -2.43. The van der Waals surface area contributed by atoms with E-state index in [-0.39, 0.29) is 17.9 Å². The number of carbonyl (C=O) groups is 2. The van der Waals surface area contributed by atoms with E-state index in [1.807, 2.05) is 66.4 Å². The van der Waals surface area contributed by atoms with Crippen LogP contribution in [0.4, 0.5) is 0 Å². The minimum absolute atomic E-state index is 0.0219. The number of hydrogen-bond donors (Lipinski definition) is 0. The van der Waals surface area contributed by atoms with Crippen molar-refractivity contribution in [2.24, 2.45) is 0 Å². The Morgan fingerprint density at radius 2 is 1.61 bits per heavy atom. The Morgan fingerprint density at radius 3 is 2.29 bits per heavy atom. The molecule has 0 spiro atoms. The first-order valence-electron chi connectivity index (χ1n) is 11.2. The first-order chi connectivity index (χ1) is 15.2. The van der Waals surface area contributed by atoms with Gasteiger partial charge in [-0.15, -0.1) is 0 Å². The van der Waals surface area contributed by atoms with Crippen molar-refractivity contribution in [3.05, 3.63) is 71.4 Å². The maximum atomic E-state index is 13.8. The fourth-order valence-electron chi connectivity index (χ4n) is 4.75. The monoisotopic (exact) mass is 418 g/mol. The zero-order valence-electron chi connectivity index (χ0n) is 18.3. The van der Waals surface area contributed by atoms with Crippen molar-refractivity contribution in [1.29, 1.82) is 0 Å². The van der Waals surface area contributed by atoms with Gasteiger partial charge >= 0.3 is 0 Å². The summed E-state index contributed by atoms with van der Waals surface area (Å²) in [5.41, 5.74) is 2.74. The molecule has 1 saturated carbocycles. The van der Waals surface area contributed by atoms with Crippen LogP contribution in [0.1, 0.15) is 50.2 Å². The molecule has 5 nitrogen and oxygen atoms in total. The molecular formula is C26H30N2O3. The Morgan fingerprint density at radius 1 is 0.935 bits per heavy atom. The number of hydrogen-bond acceptors (Lipinski definition) is 4. The maximum absolute atomic E-state index is 13.8. The standard InChI is InChI=1S/C26H30N2O3/c1-3-27(18-19-12-6-4-7-13-19)24-23(21-16-10-11-17-22(21)31-2)25(29)28(26(24)30)20-14-8-5-9-15-20/h4,6-7,10-13,16-17,20H,3,5,8-9,14-15,18H2,1-2H3. The predicted molar refractivity (Wildman–Crippen MR) is 121 cm³/mol. The molecule has 0 radical (unpaired) electrons. The van der Waals surface area contributed by atoms with Gasteiger partial charge in [0.2, 0.25) is 0 Å². The molecule has 2 aromatic rings. The van der Waals surface area contributed by atoms with Crippen LogP contribution in [0.15, 0.2) is 60.3 Å². The molecule has 31 heavy (non-hydrogen) atoms. The number of likely N-dealkylation sites (N-methyl/N-ethyl adjacent to an activating group) is 1. The van der Waals surface area contributed by atoms with Gasteiger partial charge in [0.15, 0.2) is 0 Å². The molecule has 162 valence electrons. The smallest absolute Gasteiger partial charge is 0.278 e. The summed E-state index contributed by atoms with van der Waals surface area (Å²) in [5.74, 6) is 0.246. The first kappa shape index (κ1) is 21.2. The molecule has 0 atom stereocenters. The first-order valence-corrected chi connectivity index (χ1v) is 11.2. The molecule has 1 fully saturated rings. The van der Waals surface area contributed by atoms with E-state index < -0.39 is 0 Å². The molecule has 0 bridgehead atoms. The molecule has 5 heteroatoms. The summed E-state index contributed by atoms with van der Waals surface area (Å²) in [6.45, 7) is 3.22. The second-order valence-corrected chi connectivity index (χ2v) is 8.20. The Kier molecular flexibility index (Phi) is 6.40. The van der Waals surface area contributed by atoms with Crippen molar-refractivity contribution in [2.75, 3.05) is 13.7 Å². The molecule has 0 aromatic heterocycles. The SMILES string of the molecule is CCN(Cc1ccccc1)C1=C(c2ccccc2OC)C(=O)N(C2CCCCC2)C1=O. The van der Waals surface area contributed by atoms with Gasteiger partial charge in [0.25, 0.3) is 11.8 Å². The van der Waals surface area contributed by atoms with Gasteiger partial charge in [0.1, 0.15) is 11.4 Å². The van der Waals surface area contributed by atoms with Crippen LogP contribution in [0, 0.1) is 0 Å². The van der Waals surface area contributed by atoms with Crippen LogP contribution in [0.25, 0.3) is 5.57 Å². The molecule has 1 heterocycles.